The summed E-state index contributed by atoms with van der Waals surface area (Å²) >= 11 is 0. The molecule has 0 aliphatic heterocycles. The van der Waals surface area contributed by atoms with Gasteiger partial charge in [-0.05, 0) is 6.07 Å². The Hall–Kier alpha value is -2.42. The van der Waals surface area contributed by atoms with Crippen molar-refractivity contribution >= 4 is 11.7 Å². The van der Waals surface area contributed by atoms with Crippen LogP contribution in [0, 0.1) is 21.4 Å². The molecule has 15 heavy (non-hydrogen) atoms. The van der Waals surface area contributed by atoms with Crippen LogP contribution < -0.4 is 0 Å². The number of nitrogens with zero attached hydrogens (tertiary/aromatic N) is 2. The molecule has 0 amide bonds. The largest absolute Gasteiger partial charge is 0.447 e. The van der Waals surface area contributed by atoms with Crippen LogP contribution in [0.1, 0.15) is 10.4 Å². The highest BCUT2D eigenvalue weighted by Crippen LogP contribution is 2.13. The summed E-state index contributed by atoms with van der Waals surface area (Å²) in [5, 5.41) is 18.6. The van der Waals surface area contributed by atoms with Crippen molar-refractivity contribution < 1.29 is 14.5 Å². The first-order valence-corrected chi connectivity index (χ1v) is 3.93. The Morgan fingerprint density at radius 3 is 2.93 bits per heavy atom. The maximum Gasteiger partial charge on any atom is 0.339 e. The molecule has 0 unspecified atom stereocenters. The fourth-order valence-corrected chi connectivity index (χ4v) is 0.928. The number of non-ortho nitro benzene ring substituents is 1. The van der Waals surface area contributed by atoms with Crippen molar-refractivity contribution in [3.63, 3.8) is 0 Å². The Morgan fingerprint density at radius 2 is 2.33 bits per heavy atom. The molecule has 0 fully saturated rings. The van der Waals surface area contributed by atoms with Gasteiger partial charge in [0.25, 0.3) is 5.69 Å². The van der Waals surface area contributed by atoms with Crippen molar-refractivity contribution in [1.29, 1.82) is 5.26 Å². The highest BCUT2D eigenvalue weighted by Gasteiger charge is 2.11. The van der Waals surface area contributed by atoms with E-state index in [1.807, 2.05) is 0 Å². The Balaban J connectivity index is 2.86. The number of carbonyl (C=O) groups is 1. The minimum absolute atomic E-state index is 0.0550. The van der Waals surface area contributed by atoms with Crippen LogP contribution in [0.3, 0.4) is 0 Å². The minimum Gasteiger partial charge on any atom is -0.447 e. The summed E-state index contributed by atoms with van der Waals surface area (Å²) in [7, 11) is 0. The predicted octanol–water partition coefficient (Wildman–Crippen LogP) is 1.28. The van der Waals surface area contributed by atoms with E-state index in [1.165, 1.54) is 18.2 Å². The normalized spacial score (nSPS) is 9.00. The van der Waals surface area contributed by atoms with Crippen LogP contribution >= 0.6 is 0 Å². The molecule has 0 heterocycles. The third-order valence-electron chi connectivity index (χ3n) is 1.56. The van der Waals surface area contributed by atoms with Crippen molar-refractivity contribution in [2.45, 2.75) is 0 Å². The van der Waals surface area contributed by atoms with Crippen molar-refractivity contribution in [3.8, 4) is 6.07 Å². The van der Waals surface area contributed by atoms with Gasteiger partial charge in [0.15, 0.2) is 6.61 Å². The number of ether oxygens (including phenoxy) is 1. The average molecular weight is 206 g/mol. The molecule has 0 spiro atoms. The average Bonchev–Trinajstić information content (AvgIpc) is 2.26. The molecule has 0 bridgehead atoms. The van der Waals surface area contributed by atoms with Crippen LogP contribution in [0.25, 0.3) is 0 Å². The molecule has 1 aromatic carbocycles. The van der Waals surface area contributed by atoms with Crippen LogP contribution in [0.5, 0.6) is 0 Å². The van der Waals surface area contributed by atoms with E-state index in [9.17, 15) is 14.9 Å². The van der Waals surface area contributed by atoms with E-state index in [0.717, 1.165) is 6.07 Å². The summed E-state index contributed by atoms with van der Waals surface area (Å²) in [5.74, 6) is -0.750. The summed E-state index contributed by atoms with van der Waals surface area (Å²) in [5.41, 5.74) is -0.138. The number of nitro groups is 1. The first-order chi connectivity index (χ1) is 7.15. The molecule has 76 valence electrons. The fraction of sp³-hybridized carbons (Fsp3) is 0.111. The third-order valence-corrected chi connectivity index (χ3v) is 1.56. The Labute approximate surface area is 84.8 Å². The van der Waals surface area contributed by atoms with E-state index in [0.29, 0.717) is 0 Å². The van der Waals surface area contributed by atoms with Gasteiger partial charge in [-0.25, -0.2) is 4.79 Å². The summed E-state index contributed by atoms with van der Waals surface area (Å²) in [6.45, 7) is -0.373. The second-order valence-electron chi connectivity index (χ2n) is 2.54. The van der Waals surface area contributed by atoms with E-state index in [-0.39, 0.29) is 17.9 Å². The van der Waals surface area contributed by atoms with Gasteiger partial charge in [0.2, 0.25) is 0 Å². The lowest BCUT2D eigenvalue weighted by Gasteiger charge is -1.99. The van der Waals surface area contributed by atoms with Crippen molar-refractivity contribution in [2.75, 3.05) is 6.61 Å². The van der Waals surface area contributed by atoms with Crippen LogP contribution in [-0.4, -0.2) is 17.5 Å². The molecule has 1 aromatic rings. The lowest BCUT2D eigenvalue weighted by atomic mass is 10.2. The van der Waals surface area contributed by atoms with Gasteiger partial charge >= 0.3 is 5.97 Å². The molecule has 0 saturated heterocycles. The van der Waals surface area contributed by atoms with Gasteiger partial charge < -0.3 is 4.74 Å². The summed E-state index contributed by atoms with van der Waals surface area (Å²) in [6, 6.07) is 6.75. The van der Waals surface area contributed by atoms with Gasteiger partial charge in [0, 0.05) is 12.1 Å². The highest BCUT2D eigenvalue weighted by atomic mass is 16.6. The van der Waals surface area contributed by atoms with E-state index in [2.05, 4.69) is 4.74 Å². The number of rotatable bonds is 3. The molecule has 6 heteroatoms. The number of benzene rings is 1. The summed E-state index contributed by atoms with van der Waals surface area (Å²) in [6.07, 6.45) is 0. The highest BCUT2D eigenvalue weighted by molar-refractivity contribution is 5.90. The van der Waals surface area contributed by atoms with Crippen molar-refractivity contribution in [1.82, 2.24) is 0 Å². The second kappa shape index (κ2) is 4.72. The number of esters is 1. The van der Waals surface area contributed by atoms with E-state index in [4.69, 9.17) is 5.26 Å². The van der Waals surface area contributed by atoms with Gasteiger partial charge in [-0.3, -0.25) is 10.1 Å². The maximum atomic E-state index is 11.2. The minimum atomic E-state index is -0.750. The Kier molecular flexibility index (Phi) is 3.35. The third kappa shape index (κ3) is 2.77. The van der Waals surface area contributed by atoms with Crippen LogP contribution in [0.15, 0.2) is 24.3 Å². The van der Waals surface area contributed by atoms with Crippen molar-refractivity contribution in [3.05, 3.63) is 39.9 Å². The predicted molar refractivity (Wildman–Crippen MR) is 49.0 cm³/mol. The van der Waals surface area contributed by atoms with Gasteiger partial charge in [0.05, 0.1) is 10.5 Å². The van der Waals surface area contributed by atoms with E-state index in [1.54, 1.807) is 6.07 Å². The van der Waals surface area contributed by atoms with Gasteiger partial charge in [-0.2, -0.15) is 5.26 Å². The lowest BCUT2D eigenvalue weighted by molar-refractivity contribution is -0.384. The molecule has 0 aliphatic carbocycles. The summed E-state index contributed by atoms with van der Waals surface area (Å²) in [4.78, 5) is 21.0. The summed E-state index contributed by atoms with van der Waals surface area (Å²) < 4.78 is 4.49. The molecule has 0 aromatic heterocycles. The molecule has 0 radical (unpaired) electrons. The Bertz CT molecular complexity index is 436. The van der Waals surface area contributed by atoms with Crippen LogP contribution in [0.4, 0.5) is 5.69 Å². The second-order valence-corrected chi connectivity index (χ2v) is 2.54. The number of nitro benzene ring substituents is 1. The number of nitriles is 1. The number of hydrogen-bond acceptors (Lipinski definition) is 5. The molecule has 0 atom stereocenters. The molecular weight excluding hydrogens is 200 g/mol. The lowest BCUT2D eigenvalue weighted by Crippen LogP contribution is -2.05. The molecule has 0 N–H and O–H groups in total. The zero-order valence-electron chi connectivity index (χ0n) is 7.54. The zero-order valence-corrected chi connectivity index (χ0v) is 7.54. The zero-order chi connectivity index (χ0) is 11.3. The first kappa shape index (κ1) is 10.7. The standard InChI is InChI=1S/C9H6N2O4/c10-4-5-15-9(12)7-2-1-3-8(6-7)11(13)14/h1-3,6H,5H2. The van der Waals surface area contributed by atoms with Crippen LogP contribution in [-0.2, 0) is 4.74 Å². The van der Waals surface area contributed by atoms with Crippen LogP contribution in [0.2, 0.25) is 0 Å². The monoisotopic (exact) mass is 206 g/mol. The van der Waals surface area contributed by atoms with Crippen molar-refractivity contribution in [2.24, 2.45) is 0 Å². The molecule has 0 aliphatic rings. The quantitative estimate of drug-likeness (QED) is 0.421. The maximum absolute atomic E-state index is 11.2. The molecule has 6 nitrogen and oxygen atoms in total. The smallest absolute Gasteiger partial charge is 0.339 e. The topological polar surface area (TPSA) is 93.2 Å². The molecule has 0 saturated carbocycles. The number of carbonyl (C=O) groups excluding carboxylic acids is 1. The first-order valence-electron chi connectivity index (χ1n) is 3.93. The fourth-order valence-electron chi connectivity index (χ4n) is 0.928. The van der Waals surface area contributed by atoms with Gasteiger partial charge in [-0.15, -0.1) is 0 Å². The van der Waals surface area contributed by atoms with Gasteiger partial charge in [0.1, 0.15) is 6.07 Å². The Morgan fingerprint density at radius 1 is 1.60 bits per heavy atom. The molecular formula is C9H6N2O4. The van der Waals surface area contributed by atoms with E-state index >= 15 is 0 Å². The molecule has 1 rings (SSSR count). The SMILES string of the molecule is N#CCOC(=O)c1cccc([N+](=O)[O-])c1. The number of hydrogen-bond donors (Lipinski definition) is 0. The van der Waals surface area contributed by atoms with Gasteiger partial charge in [-0.1, -0.05) is 6.07 Å². The van der Waals surface area contributed by atoms with E-state index < -0.39 is 10.9 Å².